The van der Waals surface area contributed by atoms with E-state index in [0.29, 0.717) is 40.0 Å². The van der Waals surface area contributed by atoms with Crippen molar-refractivity contribution in [3.05, 3.63) is 90.2 Å². The maximum Gasteiger partial charge on any atom is 0.272 e. The molecule has 0 aliphatic heterocycles. The third kappa shape index (κ3) is 4.70. The van der Waals surface area contributed by atoms with E-state index in [9.17, 15) is 4.79 Å². The van der Waals surface area contributed by atoms with Crippen molar-refractivity contribution in [3.63, 3.8) is 0 Å². The molecule has 0 bridgehead atoms. The summed E-state index contributed by atoms with van der Waals surface area (Å²) in [6.07, 6.45) is 6.91. The van der Waals surface area contributed by atoms with Gasteiger partial charge >= 0.3 is 0 Å². The molecule has 0 unspecified atom stereocenters. The van der Waals surface area contributed by atoms with E-state index in [-0.39, 0.29) is 5.91 Å². The Balaban J connectivity index is 1.57. The van der Waals surface area contributed by atoms with Gasteiger partial charge in [0.15, 0.2) is 0 Å². The molecule has 0 radical (unpaired) electrons. The predicted octanol–water partition coefficient (Wildman–Crippen LogP) is 2.95. The molecular weight excluding hydrogens is 430 g/mol. The van der Waals surface area contributed by atoms with Crippen LogP contribution in [0.5, 0.6) is 0 Å². The van der Waals surface area contributed by atoms with E-state index < -0.39 is 0 Å². The third-order valence-electron chi connectivity index (χ3n) is 5.03. The highest BCUT2D eigenvalue weighted by Crippen LogP contribution is 2.25. The van der Waals surface area contributed by atoms with Crippen LogP contribution in [-0.2, 0) is 0 Å². The van der Waals surface area contributed by atoms with Crippen molar-refractivity contribution in [2.24, 2.45) is 11.5 Å². The number of nitrogens with one attached hydrogen (secondary N) is 4. The topological polar surface area (TPSA) is 185 Å². The quantitative estimate of drug-likeness (QED) is 0.127. The van der Waals surface area contributed by atoms with Crippen LogP contribution in [0.15, 0.2) is 78.9 Å². The van der Waals surface area contributed by atoms with Gasteiger partial charge in [0.05, 0.1) is 11.4 Å². The van der Waals surface area contributed by atoms with E-state index in [1.807, 2.05) is 18.2 Å². The first-order valence-corrected chi connectivity index (χ1v) is 10.3. The summed E-state index contributed by atoms with van der Waals surface area (Å²) >= 11 is 0. The molecule has 2 heterocycles. The SMILES string of the molecule is N=Cc1ccc(Nc2nccc(-c3ccc4cc(C(=O)NC(/C=C\N)=C/N)[nH]c4c3)n2)cc1N. The van der Waals surface area contributed by atoms with Gasteiger partial charge in [0.1, 0.15) is 5.69 Å². The van der Waals surface area contributed by atoms with E-state index >= 15 is 0 Å². The van der Waals surface area contributed by atoms with Crippen LogP contribution in [0.3, 0.4) is 0 Å². The minimum Gasteiger partial charge on any atom is -0.405 e. The lowest BCUT2D eigenvalue weighted by Crippen LogP contribution is -2.23. The van der Waals surface area contributed by atoms with Crippen LogP contribution in [0, 0.1) is 5.41 Å². The number of aromatic amines is 1. The molecule has 0 saturated heterocycles. The number of anilines is 3. The highest BCUT2D eigenvalue weighted by Gasteiger charge is 2.12. The molecule has 2 aromatic carbocycles. The number of aromatic nitrogens is 3. The number of rotatable bonds is 7. The summed E-state index contributed by atoms with van der Waals surface area (Å²) < 4.78 is 0. The Kier molecular flexibility index (Phi) is 6.22. The van der Waals surface area contributed by atoms with Gasteiger partial charge in [-0.3, -0.25) is 4.79 Å². The van der Waals surface area contributed by atoms with Crippen LogP contribution >= 0.6 is 0 Å². The molecule has 0 fully saturated rings. The van der Waals surface area contributed by atoms with Gasteiger partial charge in [-0.1, -0.05) is 12.1 Å². The second-order valence-corrected chi connectivity index (χ2v) is 7.30. The van der Waals surface area contributed by atoms with Gasteiger partial charge in [0.25, 0.3) is 5.91 Å². The van der Waals surface area contributed by atoms with Crippen molar-refractivity contribution in [1.82, 2.24) is 20.3 Å². The van der Waals surface area contributed by atoms with E-state index in [2.05, 4.69) is 25.6 Å². The number of carbonyl (C=O) groups is 1. The molecule has 0 aliphatic carbocycles. The minimum atomic E-state index is -0.339. The Morgan fingerprint density at radius 2 is 1.94 bits per heavy atom. The van der Waals surface area contributed by atoms with E-state index in [4.69, 9.17) is 22.6 Å². The first-order chi connectivity index (χ1) is 16.5. The molecule has 4 aromatic rings. The molecule has 10 N–H and O–H groups in total. The molecule has 170 valence electrons. The van der Waals surface area contributed by atoms with Gasteiger partial charge in [-0.2, -0.15) is 0 Å². The third-order valence-corrected chi connectivity index (χ3v) is 5.03. The lowest BCUT2D eigenvalue weighted by Gasteiger charge is -2.08. The summed E-state index contributed by atoms with van der Waals surface area (Å²) in [5.41, 5.74) is 21.7. The number of H-pyrrole nitrogens is 1. The van der Waals surface area contributed by atoms with E-state index in [1.165, 1.54) is 24.7 Å². The van der Waals surface area contributed by atoms with E-state index in [1.54, 1.807) is 36.5 Å². The number of hydrogen-bond acceptors (Lipinski definition) is 8. The molecular formula is C24H23N9O. The van der Waals surface area contributed by atoms with E-state index in [0.717, 1.165) is 16.5 Å². The molecule has 34 heavy (non-hydrogen) atoms. The van der Waals surface area contributed by atoms with Crippen LogP contribution in [0.4, 0.5) is 17.3 Å². The van der Waals surface area contributed by atoms with Crippen molar-refractivity contribution in [2.45, 2.75) is 0 Å². The van der Waals surface area contributed by atoms with Crippen molar-refractivity contribution >= 4 is 40.3 Å². The Bertz CT molecular complexity index is 1440. The number of nitrogens with two attached hydrogens (primary N) is 3. The van der Waals surface area contributed by atoms with Crippen molar-refractivity contribution < 1.29 is 4.79 Å². The number of hydrogen-bond donors (Lipinski definition) is 7. The molecule has 0 aliphatic rings. The zero-order valence-electron chi connectivity index (χ0n) is 18.0. The van der Waals surface area contributed by atoms with Gasteiger partial charge in [-0.15, -0.1) is 0 Å². The molecule has 0 saturated carbocycles. The summed E-state index contributed by atoms with van der Waals surface area (Å²) in [6, 6.07) is 14.6. The van der Waals surface area contributed by atoms with Crippen LogP contribution in [0.25, 0.3) is 22.2 Å². The zero-order valence-corrected chi connectivity index (χ0v) is 18.0. The van der Waals surface area contributed by atoms with Crippen LogP contribution in [0.2, 0.25) is 0 Å². The van der Waals surface area contributed by atoms with Gasteiger partial charge in [-0.05, 0) is 48.7 Å². The number of carbonyl (C=O) groups excluding carboxylic acids is 1. The first kappa shape index (κ1) is 22.1. The molecule has 2 aromatic heterocycles. The summed E-state index contributed by atoms with van der Waals surface area (Å²) in [5.74, 6) is 0.0644. The summed E-state index contributed by atoms with van der Waals surface area (Å²) in [6.45, 7) is 0. The normalized spacial score (nSPS) is 11.6. The molecule has 4 rings (SSSR count). The smallest absolute Gasteiger partial charge is 0.272 e. The predicted molar refractivity (Wildman–Crippen MR) is 134 cm³/mol. The standard InChI is InChI=1S/C24H23N9O/c25-7-5-18(13-27)30-23(34)22-10-15-2-1-14(9-21(15)32-22)20-6-8-29-24(33-20)31-17-4-3-16(12-26)19(28)11-17/h1-13,26,32H,25,27-28H2,(H,30,34)(H,29,31,33)/b7-5-,18-13+,26-12?. The molecule has 0 spiro atoms. The second kappa shape index (κ2) is 9.57. The van der Waals surface area contributed by atoms with Crippen LogP contribution < -0.4 is 27.8 Å². The average Bonchev–Trinajstić information content (AvgIpc) is 3.28. The van der Waals surface area contributed by atoms with Crippen molar-refractivity contribution in [2.75, 3.05) is 11.1 Å². The summed E-state index contributed by atoms with van der Waals surface area (Å²) in [7, 11) is 0. The molecule has 1 amide bonds. The molecule has 10 heteroatoms. The highest BCUT2D eigenvalue weighted by atomic mass is 16.1. The average molecular weight is 454 g/mol. The lowest BCUT2D eigenvalue weighted by molar-refractivity contribution is 0.0963. The summed E-state index contributed by atoms with van der Waals surface area (Å²) in [5, 5.41) is 14.0. The first-order valence-electron chi connectivity index (χ1n) is 10.3. The Morgan fingerprint density at radius 3 is 2.68 bits per heavy atom. The fraction of sp³-hybridized carbons (Fsp3) is 0. The Morgan fingerprint density at radius 1 is 1.09 bits per heavy atom. The second-order valence-electron chi connectivity index (χ2n) is 7.30. The van der Waals surface area contributed by atoms with Gasteiger partial charge in [-0.25, -0.2) is 9.97 Å². The number of amides is 1. The number of fused-ring (bicyclic) bond motifs is 1. The zero-order chi connectivity index (χ0) is 24.1. The maximum absolute atomic E-state index is 12.5. The number of nitrogen functional groups attached to an aromatic ring is 1. The highest BCUT2D eigenvalue weighted by molar-refractivity contribution is 5.99. The minimum absolute atomic E-state index is 0.339. The van der Waals surface area contributed by atoms with Gasteiger partial charge in [0, 0.05) is 52.0 Å². The Hall–Kier alpha value is -5.12. The fourth-order valence-electron chi connectivity index (χ4n) is 3.34. The van der Waals surface area contributed by atoms with Gasteiger partial charge in [0.2, 0.25) is 5.95 Å². The number of allylic oxidation sites excluding steroid dienone is 1. The van der Waals surface area contributed by atoms with Crippen molar-refractivity contribution in [1.29, 1.82) is 5.41 Å². The Labute approximate surface area is 195 Å². The molecule has 0 atom stereocenters. The number of benzene rings is 2. The van der Waals surface area contributed by atoms with Crippen LogP contribution in [-0.4, -0.2) is 27.1 Å². The monoisotopic (exact) mass is 453 g/mol. The fourth-order valence-corrected chi connectivity index (χ4v) is 3.34. The van der Waals surface area contributed by atoms with Crippen LogP contribution in [0.1, 0.15) is 16.1 Å². The van der Waals surface area contributed by atoms with Gasteiger partial charge < -0.3 is 38.2 Å². The molecule has 10 nitrogen and oxygen atoms in total. The lowest BCUT2D eigenvalue weighted by atomic mass is 10.1. The summed E-state index contributed by atoms with van der Waals surface area (Å²) in [4.78, 5) is 24.5. The largest absolute Gasteiger partial charge is 0.405 e. The van der Waals surface area contributed by atoms with Crippen molar-refractivity contribution in [3.8, 4) is 11.3 Å². The maximum atomic E-state index is 12.5. The number of nitrogens with zero attached hydrogens (tertiary/aromatic N) is 2.